The number of nitrogens with zero attached hydrogens (tertiary/aromatic N) is 3. The Hall–Kier alpha value is -1.03. The van der Waals surface area contributed by atoms with E-state index in [9.17, 15) is 0 Å². The van der Waals surface area contributed by atoms with Crippen molar-refractivity contribution in [2.45, 2.75) is 39.5 Å². The first-order valence-electron chi connectivity index (χ1n) is 6.55. The number of rotatable bonds is 7. The van der Waals surface area contributed by atoms with Crippen LogP contribution in [0.2, 0.25) is 0 Å². The van der Waals surface area contributed by atoms with E-state index < -0.39 is 0 Å². The van der Waals surface area contributed by atoms with Crippen LogP contribution >= 0.6 is 0 Å². The molecule has 0 spiro atoms. The number of nitrogens with two attached hydrogens (primary N) is 1. The monoisotopic (exact) mass is 238 g/mol. The molecule has 0 aliphatic carbocycles. The second-order valence-electron chi connectivity index (χ2n) is 4.68. The average molecular weight is 238 g/mol. The van der Waals surface area contributed by atoms with E-state index in [0.29, 0.717) is 6.54 Å². The van der Waals surface area contributed by atoms with Crippen LogP contribution < -0.4 is 10.6 Å². The Bertz CT molecular complexity index is 343. The first-order chi connectivity index (χ1) is 8.11. The van der Waals surface area contributed by atoms with Crippen LogP contribution in [0.1, 0.15) is 37.4 Å². The average Bonchev–Trinajstić information content (AvgIpc) is 2.55. The Morgan fingerprint density at radius 1 is 1.35 bits per heavy atom. The quantitative estimate of drug-likeness (QED) is 0.738. The molecule has 1 rings (SSSR count). The minimum absolute atomic E-state index is 0.683. The van der Waals surface area contributed by atoms with Gasteiger partial charge in [-0.1, -0.05) is 19.8 Å². The van der Waals surface area contributed by atoms with E-state index in [1.54, 1.807) is 0 Å². The molecule has 2 N–H and O–H groups in total. The van der Waals surface area contributed by atoms with Crippen LogP contribution in [0.5, 0.6) is 0 Å². The molecule has 0 aliphatic heterocycles. The van der Waals surface area contributed by atoms with Gasteiger partial charge in [0.15, 0.2) is 0 Å². The van der Waals surface area contributed by atoms with Crippen molar-refractivity contribution in [3.63, 3.8) is 0 Å². The second-order valence-corrected chi connectivity index (χ2v) is 4.68. The minimum Gasteiger partial charge on any atom is -0.360 e. The zero-order valence-corrected chi connectivity index (χ0v) is 11.7. The van der Waals surface area contributed by atoms with Crippen LogP contribution in [0.15, 0.2) is 0 Å². The number of anilines is 1. The van der Waals surface area contributed by atoms with Crippen molar-refractivity contribution >= 4 is 5.82 Å². The van der Waals surface area contributed by atoms with Crippen molar-refractivity contribution in [2.24, 2.45) is 12.8 Å². The lowest BCUT2D eigenvalue weighted by Crippen LogP contribution is -2.23. The molecule has 1 heterocycles. The lowest BCUT2D eigenvalue weighted by Gasteiger charge is -2.21. The molecule has 0 fully saturated rings. The Morgan fingerprint density at radius 2 is 2.06 bits per heavy atom. The van der Waals surface area contributed by atoms with Gasteiger partial charge in [-0.15, -0.1) is 0 Å². The van der Waals surface area contributed by atoms with Gasteiger partial charge in [0.2, 0.25) is 0 Å². The number of unbranched alkanes of at least 4 members (excludes halogenated alkanes) is 2. The van der Waals surface area contributed by atoms with Crippen LogP contribution in [0.4, 0.5) is 5.82 Å². The molecule has 4 heteroatoms. The molecule has 0 saturated heterocycles. The van der Waals surface area contributed by atoms with Gasteiger partial charge in [-0.2, -0.15) is 5.10 Å². The van der Waals surface area contributed by atoms with Crippen molar-refractivity contribution in [2.75, 3.05) is 25.0 Å². The van der Waals surface area contributed by atoms with Gasteiger partial charge in [0.1, 0.15) is 5.82 Å². The summed E-state index contributed by atoms with van der Waals surface area (Å²) in [4.78, 5) is 2.31. The highest BCUT2D eigenvalue weighted by molar-refractivity contribution is 5.49. The van der Waals surface area contributed by atoms with Crippen LogP contribution in [0.25, 0.3) is 0 Å². The van der Waals surface area contributed by atoms with Crippen LogP contribution in [0.3, 0.4) is 0 Å². The van der Waals surface area contributed by atoms with Crippen molar-refractivity contribution < 1.29 is 0 Å². The first kappa shape index (κ1) is 14.0. The lowest BCUT2D eigenvalue weighted by molar-refractivity contribution is 0.674. The topological polar surface area (TPSA) is 47.1 Å². The van der Waals surface area contributed by atoms with Gasteiger partial charge < -0.3 is 10.6 Å². The minimum atomic E-state index is 0.683. The molecule has 1 aromatic rings. The maximum Gasteiger partial charge on any atom is 0.129 e. The highest BCUT2D eigenvalue weighted by Gasteiger charge is 2.15. The fourth-order valence-corrected chi connectivity index (χ4v) is 2.31. The molecule has 0 atom stereocenters. The summed E-state index contributed by atoms with van der Waals surface area (Å²) in [6, 6.07) is 0. The fraction of sp³-hybridized carbons (Fsp3) is 0.769. The van der Waals surface area contributed by atoms with Gasteiger partial charge in [-0.05, 0) is 26.3 Å². The molecule has 0 radical (unpaired) electrons. The zero-order chi connectivity index (χ0) is 12.8. The van der Waals surface area contributed by atoms with E-state index in [4.69, 9.17) is 5.73 Å². The molecule has 0 aromatic carbocycles. The Kier molecular flexibility index (Phi) is 5.48. The molecular formula is C13H26N4. The summed E-state index contributed by atoms with van der Waals surface area (Å²) >= 11 is 0. The molecule has 0 aliphatic rings. The van der Waals surface area contributed by atoms with Gasteiger partial charge in [-0.3, -0.25) is 4.68 Å². The van der Waals surface area contributed by atoms with Crippen molar-refractivity contribution in [3.8, 4) is 0 Å². The summed E-state index contributed by atoms with van der Waals surface area (Å²) in [5.41, 5.74) is 8.08. The predicted octanol–water partition coefficient (Wildman–Crippen LogP) is 1.86. The summed E-state index contributed by atoms with van der Waals surface area (Å²) in [5.74, 6) is 1.23. The van der Waals surface area contributed by atoms with E-state index in [-0.39, 0.29) is 0 Å². The number of aryl methyl sites for hydroxylation is 2. The molecule has 98 valence electrons. The first-order valence-corrected chi connectivity index (χ1v) is 6.55. The summed E-state index contributed by atoms with van der Waals surface area (Å²) in [7, 11) is 4.16. The summed E-state index contributed by atoms with van der Waals surface area (Å²) in [5, 5.41) is 4.50. The molecule has 4 nitrogen and oxygen atoms in total. The summed E-state index contributed by atoms with van der Waals surface area (Å²) < 4.78 is 1.98. The molecule has 0 unspecified atom stereocenters. The highest BCUT2D eigenvalue weighted by Crippen LogP contribution is 2.22. The van der Waals surface area contributed by atoms with Gasteiger partial charge in [0.25, 0.3) is 0 Å². The van der Waals surface area contributed by atoms with Crippen molar-refractivity contribution in [1.29, 1.82) is 0 Å². The number of hydrogen-bond donors (Lipinski definition) is 1. The molecule has 0 bridgehead atoms. The second kappa shape index (κ2) is 6.64. The van der Waals surface area contributed by atoms with E-state index in [1.807, 2.05) is 11.7 Å². The zero-order valence-electron chi connectivity index (χ0n) is 11.7. The molecule has 17 heavy (non-hydrogen) atoms. The summed E-state index contributed by atoms with van der Waals surface area (Å²) in [6.07, 6.45) is 4.69. The largest absolute Gasteiger partial charge is 0.360 e. The smallest absolute Gasteiger partial charge is 0.129 e. The third kappa shape index (κ3) is 3.46. The fourth-order valence-electron chi connectivity index (χ4n) is 2.31. The van der Waals surface area contributed by atoms with E-state index in [1.165, 1.54) is 30.6 Å². The Morgan fingerprint density at radius 3 is 2.65 bits per heavy atom. The van der Waals surface area contributed by atoms with Gasteiger partial charge in [0, 0.05) is 26.2 Å². The molecule has 0 amide bonds. The predicted molar refractivity (Wildman–Crippen MR) is 73.5 cm³/mol. The van der Waals surface area contributed by atoms with E-state index in [0.717, 1.165) is 18.7 Å². The molecule has 0 saturated carbocycles. The third-order valence-corrected chi connectivity index (χ3v) is 3.17. The van der Waals surface area contributed by atoms with Crippen molar-refractivity contribution in [1.82, 2.24) is 9.78 Å². The number of hydrogen-bond acceptors (Lipinski definition) is 3. The maximum absolute atomic E-state index is 5.67. The number of aromatic nitrogens is 2. The standard InChI is InChI=1S/C13H26N4/c1-5-6-7-10-16(3)13-12(8-9-14)11(2)15-17(13)4/h5-10,14H2,1-4H3. The maximum atomic E-state index is 5.67. The van der Waals surface area contributed by atoms with Gasteiger partial charge in [0.05, 0.1) is 5.69 Å². The van der Waals surface area contributed by atoms with E-state index in [2.05, 4.69) is 30.9 Å². The normalized spacial score (nSPS) is 10.9. The van der Waals surface area contributed by atoms with Crippen molar-refractivity contribution in [3.05, 3.63) is 11.3 Å². The summed E-state index contributed by atoms with van der Waals surface area (Å²) in [6.45, 7) is 6.06. The van der Waals surface area contributed by atoms with Crippen LogP contribution in [-0.4, -0.2) is 29.9 Å². The van der Waals surface area contributed by atoms with Crippen LogP contribution in [-0.2, 0) is 13.5 Å². The molecule has 1 aromatic heterocycles. The SMILES string of the molecule is CCCCCN(C)c1c(CCN)c(C)nn1C. The van der Waals surface area contributed by atoms with E-state index >= 15 is 0 Å². The van der Waals surface area contributed by atoms with Crippen LogP contribution in [0, 0.1) is 6.92 Å². The Labute approximate surface area is 105 Å². The Balaban J connectivity index is 2.79. The molecular weight excluding hydrogens is 212 g/mol. The lowest BCUT2D eigenvalue weighted by atomic mass is 10.1. The van der Waals surface area contributed by atoms with Gasteiger partial charge in [-0.25, -0.2) is 0 Å². The van der Waals surface area contributed by atoms with Gasteiger partial charge >= 0.3 is 0 Å². The highest BCUT2D eigenvalue weighted by atomic mass is 15.4. The third-order valence-electron chi connectivity index (χ3n) is 3.17.